The average Bonchev–Trinajstić information content (AvgIpc) is 2.89. The predicted molar refractivity (Wildman–Crippen MR) is 95.4 cm³/mol. The maximum atomic E-state index is 6.17. The highest BCUT2D eigenvalue weighted by Gasteiger charge is 2.45. The summed E-state index contributed by atoms with van der Waals surface area (Å²) in [7, 11) is 1.65. The highest BCUT2D eigenvalue weighted by Crippen LogP contribution is 2.40. The van der Waals surface area contributed by atoms with Crippen molar-refractivity contribution in [2.45, 2.75) is 76.5 Å². The average molecular weight is 319 g/mol. The molecule has 1 aliphatic rings. The molecule has 0 aliphatic carbocycles. The van der Waals surface area contributed by atoms with Crippen molar-refractivity contribution in [3.8, 4) is 0 Å². The van der Waals surface area contributed by atoms with E-state index in [-0.39, 0.29) is 5.60 Å². The van der Waals surface area contributed by atoms with Gasteiger partial charge >= 0.3 is 0 Å². The summed E-state index contributed by atoms with van der Waals surface area (Å²) in [6, 6.07) is 8.85. The van der Waals surface area contributed by atoms with Crippen LogP contribution in [0, 0.1) is 0 Å². The van der Waals surface area contributed by atoms with E-state index in [2.05, 4.69) is 38.1 Å². The number of unbranched alkanes of at least 4 members (excludes halogenated alkanes) is 5. The van der Waals surface area contributed by atoms with Gasteiger partial charge in [-0.25, -0.2) is 0 Å². The van der Waals surface area contributed by atoms with E-state index >= 15 is 0 Å². The van der Waals surface area contributed by atoms with Crippen molar-refractivity contribution in [1.82, 2.24) is 0 Å². The first-order valence-corrected chi connectivity index (χ1v) is 9.09. The van der Waals surface area contributed by atoms with Crippen LogP contribution in [0.2, 0.25) is 0 Å². The minimum atomic E-state index is -0.661. The fraction of sp³-hybridized carbons (Fsp3) is 0.700. The summed E-state index contributed by atoms with van der Waals surface area (Å²) in [5.74, 6) is 0. The molecule has 1 heterocycles. The number of aryl methyl sites for hydroxylation is 1. The molecule has 0 saturated carbocycles. The summed E-state index contributed by atoms with van der Waals surface area (Å²) in [6.07, 6.45) is 9.92. The molecule has 1 aromatic rings. The first-order valence-electron chi connectivity index (χ1n) is 9.09. The third kappa shape index (κ3) is 5.03. The van der Waals surface area contributed by atoms with Gasteiger partial charge in [-0.05, 0) is 30.9 Å². The lowest BCUT2D eigenvalue weighted by Crippen LogP contribution is -2.43. The molecule has 23 heavy (non-hydrogen) atoms. The van der Waals surface area contributed by atoms with Gasteiger partial charge in [0.15, 0.2) is 0 Å². The lowest BCUT2D eigenvalue weighted by Gasteiger charge is -2.26. The standard InChI is InChI=1S/C20H33NO2/c1-4-5-6-7-8-9-10-17-11-13-18(14-12-17)19(2)15-20(21,22-3)16-23-19/h11-14H,4-10,15-16,21H2,1-3H3. The lowest BCUT2D eigenvalue weighted by atomic mass is 9.89. The second-order valence-corrected chi connectivity index (χ2v) is 7.18. The first-order chi connectivity index (χ1) is 11.0. The Morgan fingerprint density at radius 1 is 1.09 bits per heavy atom. The number of benzene rings is 1. The Balaban J connectivity index is 1.83. The summed E-state index contributed by atoms with van der Waals surface area (Å²) in [5.41, 5.74) is 7.77. The quantitative estimate of drug-likeness (QED) is 0.537. The van der Waals surface area contributed by atoms with Crippen molar-refractivity contribution in [1.29, 1.82) is 0 Å². The molecule has 3 heteroatoms. The molecule has 2 unspecified atom stereocenters. The molecule has 1 saturated heterocycles. The maximum Gasteiger partial charge on any atom is 0.143 e. The van der Waals surface area contributed by atoms with Crippen molar-refractivity contribution in [2.24, 2.45) is 5.73 Å². The molecule has 3 nitrogen and oxygen atoms in total. The molecule has 0 spiro atoms. The monoisotopic (exact) mass is 319 g/mol. The van der Waals surface area contributed by atoms with E-state index in [1.807, 2.05) is 0 Å². The molecule has 2 atom stereocenters. The maximum absolute atomic E-state index is 6.17. The largest absolute Gasteiger partial charge is 0.366 e. The summed E-state index contributed by atoms with van der Waals surface area (Å²) in [5, 5.41) is 0. The Bertz CT molecular complexity index is 473. The minimum absolute atomic E-state index is 0.344. The summed E-state index contributed by atoms with van der Waals surface area (Å²) in [4.78, 5) is 0. The van der Waals surface area contributed by atoms with E-state index in [0.29, 0.717) is 13.0 Å². The summed E-state index contributed by atoms with van der Waals surface area (Å²) in [6.45, 7) is 4.81. The molecule has 0 radical (unpaired) electrons. The SMILES string of the molecule is CCCCCCCCc1ccc(C2(C)CC(N)(OC)CO2)cc1. The van der Waals surface area contributed by atoms with Crippen molar-refractivity contribution < 1.29 is 9.47 Å². The van der Waals surface area contributed by atoms with Crippen molar-refractivity contribution in [3.63, 3.8) is 0 Å². The van der Waals surface area contributed by atoms with Gasteiger partial charge in [0.25, 0.3) is 0 Å². The van der Waals surface area contributed by atoms with E-state index in [0.717, 1.165) is 0 Å². The Morgan fingerprint density at radius 2 is 1.74 bits per heavy atom. The third-order valence-electron chi connectivity index (χ3n) is 5.06. The third-order valence-corrected chi connectivity index (χ3v) is 5.06. The van der Waals surface area contributed by atoms with Crippen LogP contribution in [0.5, 0.6) is 0 Å². The van der Waals surface area contributed by atoms with E-state index in [1.165, 1.54) is 56.1 Å². The van der Waals surface area contributed by atoms with Gasteiger partial charge in [0.05, 0.1) is 12.2 Å². The smallest absolute Gasteiger partial charge is 0.143 e. The van der Waals surface area contributed by atoms with E-state index in [1.54, 1.807) is 7.11 Å². The van der Waals surface area contributed by atoms with Gasteiger partial charge in [0, 0.05) is 13.5 Å². The van der Waals surface area contributed by atoms with Crippen LogP contribution in [0.3, 0.4) is 0 Å². The van der Waals surface area contributed by atoms with Crippen LogP contribution >= 0.6 is 0 Å². The number of hydrogen-bond donors (Lipinski definition) is 1. The molecule has 0 bridgehead atoms. The minimum Gasteiger partial charge on any atom is -0.366 e. The van der Waals surface area contributed by atoms with Crippen molar-refractivity contribution in [2.75, 3.05) is 13.7 Å². The van der Waals surface area contributed by atoms with Crippen LogP contribution in [-0.2, 0) is 21.5 Å². The van der Waals surface area contributed by atoms with Gasteiger partial charge in [-0.15, -0.1) is 0 Å². The zero-order chi connectivity index (χ0) is 16.8. The first kappa shape index (κ1) is 18.4. The van der Waals surface area contributed by atoms with E-state index in [4.69, 9.17) is 15.2 Å². The van der Waals surface area contributed by atoms with Gasteiger partial charge in [0.1, 0.15) is 5.72 Å². The molecule has 2 rings (SSSR count). The number of ether oxygens (including phenoxy) is 2. The molecule has 0 aromatic heterocycles. The normalized spacial score (nSPS) is 27.5. The molecule has 1 aliphatic heterocycles. The Kier molecular flexibility index (Phi) is 6.63. The fourth-order valence-corrected chi connectivity index (χ4v) is 3.40. The molecular weight excluding hydrogens is 286 g/mol. The fourth-order valence-electron chi connectivity index (χ4n) is 3.40. The topological polar surface area (TPSA) is 44.5 Å². The van der Waals surface area contributed by atoms with Gasteiger partial charge in [0.2, 0.25) is 0 Å². The zero-order valence-corrected chi connectivity index (χ0v) is 15.1. The molecule has 1 fully saturated rings. The highest BCUT2D eigenvalue weighted by molar-refractivity contribution is 5.28. The van der Waals surface area contributed by atoms with E-state index in [9.17, 15) is 0 Å². The van der Waals surface area contributed by atoms with Crippen LogP contribution < -0.4 is 5.73 Å². The van der Waals surface area contributed by atoms with Crippen molar-refractivity contribution >= 4 is 0 Å². The van der Waals surface area contributed by atoms with Gasteiger partial charge < -0.3 is 15.2 Å². The van der Waals surface area contributed by atoms with Gasteiger partial charge in [-0.3, -0.25) is 0 Å². The molecule has 130 valence electrons. The van der Waals surface area contributed by atoms with Crippen LogP contribution in [0.15, 0.2) is 24.3 Å². The second kappa shape index (κ2) is 8.27. The lowest BCUT2D eigenvalue weighted by molar-refractivity contribution is -0.0222. The van der Waals surface area contributed by atoms with Crippen LogP contribution in [0.4, 0.5) is 0 Å². The Labute approximate surface area is 141 Å². The zero-order valence-electron chi connectivity index (χ0n) is 15.1. The number of hydrogen-bond acceptors (Lipinski definition) is 3. The predicted octanol–water partition coefficient (Wildman–Crippen LogP) is 4.53. The van der Waals surface area contributed by atoms with Gasteiger partial charge in [-0.2, -0.15) is 0 Å². The summed E-state index contributed by atoms with van der Waals surface area (Å²) < 4.78 is 11.3. The van der Waals surface area contributed by atoms with E-state index < -0.39 is 5.72 Å². The second-order valence-electron chi connectivity index (χ2n) is 7.18. The van der Waals surface area contributed by atoms with Crippen molar-refractivity contribution in [3.05, 3.63) is 35.4 Å². The summed E-state index contributed by atoms with van der Waals surface area (Å²) >= 11 is 0. The Hall–Kier alpha value is -0.900. The number of rotatable bonds is 9. The molecule has 1 aromatic carbocycles. The molecule has 0 amide bonds. The van der Waals surface area contributed by atoms with Crippen LogP contribution in [0.25, 0.3) is 0 Å². The molecular formula is C20H33NO2. The van der Waals surface area contributed by atoms with Crippen LogP contribution in [-0.4, -0.2) is 19.4 Å². The Morgan fingerprint density at radius 3 is 2.35 bits per heavy atom. The molecule has 2 N–H and O–H groups in total. The van der Waals surface area contributed by atoms with Crippen LogP contribution in [0.1, 0.15) is 69.9 Å². The number of nitrogens with two attached hydrogens (primary N) is 1. The number of methoxy groups -OCH3 is 1. The highest BCUT2D eigenvalue weighted by atomic mass is 16.6. The van der Waals surface area contributed by atoms with Gasteiger partial charge in [-0.1, -0.05) is 63.3 Å².